The normalized spacial score (nSPS) is 22.2. The van der Waals surface area contributed by atoms with Gasteiger partial charge in [-0.3, -0.25) is 0 Å². The van der Waals surface area contributed by atoms with Gasteiger partial charge in [-0.05, 0) is 37.3 Å². The van der Waals surface area contributed by atoms with Gasteiger partial charge in [-0.25, -0.2) is 0 Å². The summed E-state index contributed by atoms with van der Waals surface area (Å²) in [4.78, 5) is 2.64. The Hall–Kier alpha value is -0.820. The minimum absolute atomic E-state index is 0.949. The molecule has 1 aliphatic heterocycles. The lowest BCUT2D eigenvalue weighted by Crippen LogP contribution is -2.36. The average molecular weight is 217 g/mol. The van der Waals surface area contributed by atoms with Crippen LogP contribution in [-0.4, -0.2) is 24.5 Å². The number of rotatable bonds is 4. The van der Waals surface area contributed by atoms with Crippen LogP contribution in [0, 0.1) is 5.92 Å². The molecule has 16 heavy (non-hydrogen) atoms. The molecule has 1 atom stereocenters. The Bertz CT molecular complexity index is 294. The van der Waals surface area contributed by atoms with E-state index in [1.54, 1.807) is 0 Å². The van der Waals surface area contributed by atoms with E-state index >= 15 is 0 Å². The molecule has 1 saturated heterocycles. The Kier molecular flexibility index (Phi) is 4.41. The maximum atomic E-state index is 2.64. The van der Waals surface area contributed by atoms with Crippen molar-refractivity contribution in [3.8, 4) is 0 Å². The summed E-state index contributed by atoms with van der Waals surface area (Å²) in [5, 5.41) is 0. The maximum Gasteiger partial charge on any atom is 0.00219 e. The summed E-state index contributed by atoms with van der Waals surface area (Å²) in [6.45, 7) is 6.19. The predicted octanol–water partition coefficient (Wildman–Crippen LogP) is 3.35. The fraction of sp³-hybridized carbons (Fsp3) is 0.600. The second-order valence-electron chi connectivity index (χ2n) is 4.95. The number of nitrogens with zero attached hydrogens (tertiary/aromatic N) is 1. The quantitative estimate of drug-likeness (QED) is 0.747. The number of hydrogen-bond donors (Lipinski definition) is 0. The van der Waals surface area contributed by atoms with E-state index in [1.165, 1.54) is 50.9 Å². The standard InChI is InChI=1S/C15H23N/c1-2-14-9-6-11-16(13-14)12-10-15-7-4-3-5-8-15/h3-5,7-8,14H,2,6,9-13H2,1H3. The van der Waals surface area contributed by atoms with E-state index in [0.29, 0.717) is 0 Å². The van der Waals surface area contributed by atoms with Crippen LogP contribution in [0.15, 0.2) is 30.3 Å². The summed E-state index contributed by atoms with van der Waals surface area (Å²) in [5.41, 5.74) is 1.47. The van der Waals surface area contributed by atoms with Crippen LogP contribution in [0.1, 0.15) is 31.7 Å². The van der Waals surface area contributed by atoms with Gasteiger partial charge in [0, 0.05) is 13.1 Å². The van der Waals surface area contributed by atoms with Gasteiger partial charge in [-0.2, -0.15) is 0 Å². The van der Waals surface area contributed by atoms with E-state index in [0.717, 1.165) is 5.92 Å². The lowest BCUT2D eigenvalue weighted by Gasteiger charge is -2.32. The lowest BCUT2D eigenvalue weighted by atomic mass is 9.95. The van der Waals surface area contributed by atoms with Gasteiger partial charge in [0.25, 0.3) is 0 Å². The molecule has 0 spiro atoms. The van der Waals surface area contributed by atoms with Gasteiger partial charge in [0.1, 0.15) is 0 Å². The Labute approximate surface area is 99.5 Å². The highest BCUT2D eigenvalue weighted by Crippen LogP contribution is 2.19. The van der Waals surface area contributed by atoms with Crippen LogP contribution in [0.5, 0.6) is 0 Å². The van der Waals surface area contributed by atoms with E-state index in [1.807, 2.05) is 0 Å². The van der Waals surface area contributed by atoms with Crippen LogP contribution in [0.3, 0.4) is 0 Å². The summed E-state index contributed by atoms with van der Waals surface area (Å²) in [5.74, 6) is 0.949. The highest BCUT2D eigenvalue weighted by molar-refractivity contribution is 5.14. The number of likely N-dealkylation sites (tertiary alicyclic amines) is 1. The van der Waals surface area contributed by atoms with E-state index in [4.69, 9.17) is 0 Å². The van der Waals surface area contributed by atoms with E-state index in [2.05, 4.69) is 42.2 Å². The third kappa shape index (κ3) is 3.34. The zero-order valence-electron chi connectivity index (χ0n) is 10.4. The van der Waals surface area contributed by atoms with E-state index in [9.17, 15) is 0 Å². The average Bonchev–Trinajstić information content (AvgIpc) is 2.38. The van der Waals surface area contributed by atoms with Crippen molar-refractivity contribution in [3.63, 3.8) is 0 Å². The molecule has 0 aromatic heterocycles. The summed E-state index contributed by atoms with van der Waals surface area (Å²) in [6, 6.07) is 10.8. The van der Waals surface area contributed by atoms with Crippen molar-refractivity contribution in [2.75, 3.05) is 19.6 Å². The van der Waals surface area contributed by atoms with Crippen LogP contribution in [0.25, 0.3) is 0 Å². The van der Waals surface area contributed by atoms with Crippen LogP contribution < -0.4 is 0 Å². The molecule has 1 aliphatic rings. The molecule has 1 aromatic carbocycles. The van der Waals surface area contributed by atoms with Crippen molar-refractivity contribution in [3.05, 3.63) is 35.9 Å². The number of piperidine rings is 1. The molecule has 1 heterocycles. The van der Waals surface area contributed by atoms with E-state index in [-0.39, 0.29) is 0 Å². The lowest BCUT2D eigenvalue weighted by molar-refractivity contribution is 0.173. The molecule has 0 bridgehead atoms. The molecule has 1 heteroatoms. The molecule has 0 radical (unpaired) electrons. The van der Waals surface area contributed by atoms with Gasteiger partial charge in [0.15, 0.2) is 0 Å². The highest BCUT2D eigenvalue weighted by atomic mass is 15.1. The number of benzene rings is 1. The van der Waals surface area contributed by atoms with Crippen LogP contribution in [-0.2, 0) is 6.42 Å². The smallest absolute Gasteiger partial charge is 0.00219 e. The van der Waals surface area contributed by atoms with E-state index < -0.39 is 0 Å². The molecule has 0 aliphatic carbocycles. The summed E-state index contributed by atoms with van der Waals surface area (Å²) < 4.78 is 0. The molecule has 2 rings (SSSR count). The second kappa shape index (κ2) is 6.05. The van der Waals surface area contributed by atoms with Crippen molar-refractivity contribution in [1.29, 1.82) is 0 Å². The first-order valence-corrected chi connectivity index (χ1v) is 6.64. The third-order valence-corrected chi connectivity index (χ3v) is 3.74. The third-order valence-electron chi connectivity index (χ3n) is 3.74. The van der Waals surface area contributed by atoms with Gasteiger partial charge in [0.2, 0.25) is 0 Å². The molecular formula is C15H23N. The molecule has 88 valence electrons. The first kappa shape index (κ1) is 11.7. The van der Waals surface area contributed by atoms with Crippen molar-refractivity contribution in [1.82, 2.24) is 4.90 Å². The van der Waals surface area contributed by atoms with Gasteiger partial charge in [0.05, 0.1) is 0 Å². The summed E-state index contributed by atoms with van der Waals surface area (Å²) >= 11 is 0. The topological polar surface area (TPSA) is 3.24 Å². The molecular weight excluding hydrogens is 194 g/mol. The molecule has 1 aromatic rings. The van der Waals surface area contributed by atoms with Gasteiger partial charge < -0.3 is 4.90 Å². The van der Waals surface area contributed by atoms with Crippen molar-refractivity contribution < 1.29 is 0 Å². The fourth-order valence-corrected chi connectivity index (χ4v) is 2.62. The Morgan fingerprint density at radius 3 is 2.81 bits per heavy atom. The molecule has 0 amide bonds. The number of hydrogen-bond acceptors (Lipinski definition) is 1. The van der Waals surface area contributed by atoms with Gasteiger partial charge in [-0.15, -0.1) is 0 Å². The minimum Gasteiger partial charge on any atom is -0.303 e. The van der Waals surface area contributed by atoms with Crippen LogP contribution in [0.4, 0.5) is 0 Å². The first-order chi connectivity index (χ1) is 7.88. The molecule has 1 unspecified atom stereocenters. The zero-order chi connectivity index (χ0) is 11.2. The maximum absolute atomic E-state index is 2.64. The Morgan fingerprint density at radius 2 is 2.06 bits per heavy atom. The highest BCUT2D eigenvalue weighted by Gasteiger charge is 2.17. The monoisotopic (exact) mass is 217 g/mol. The summed E-state index contributed by atoms with van der Waals surface area (Å²) in [6.07, 6.45) is 5.39. The molecule has 0 saturated carbocycles. The largest absolute Gasteiger partial charge is 0.303 e. The predicted molar refractivity (Wildman–Crippen MR) is 69.6 cm³/mol. The van der Waals surface area contributed by atoms with Crippen LogP contribution >= 0.6 is 0 Å². The second-order valence-corrected chi connectivity index (χ2v) is 4.95. The van der Waals surface area contributed by atoms with Crippen molar-refractivity contribution in [2.24, 2.45) is 5.92 Å². The minimum atomic E-state index is 0.949. The Morgan fingerprint density at radius 1 is 1.25 bits per heavy atom. The van der Waals surface area contributed by atoms with Gasteiger partial charge in [-0.1, -0.05) is 43.7 Å². The molecule has 1 fully saturated rings. The Balaban J connectivity index is 1.77. The fourth-order valence-electron chi connectivity index (χ4n) is 2.62. The molecule has 1 nitrogen and oxygen atoms in total. The SMILES string of the molecule is CCC1CCCN(CCc2ccccc2)C1. The van der Waals surface area contributed by atoms with Crippen LogP contribution in [0.2, 0.25) is 0 Å². The molecule has 0 N–H and O–H groups in total. The zero-order valence-corrected chi connectivity index (χ0v) is 10.4. The van der Waals surface area contributed by atoms with Crippen molar-refractivity contribution >= 4 is 0 Å². The summed E-state index contributed by atoms with van der Waals surface area (Å²) in [7, 11) is 0. The first-order valence-electron chi connectivity index (χ1n) is 6.64. The van der Waals surface area contributed by atoms with Gasteiger partial charge >= 0.3 is 0 Å². The van der Waals surface area contributed by atoms with Crippen molar-refractivity contribution in [2.45, 2.75) is 32.6 Å².